The molecule has 4 heteroatoms. The fraction of sp³-hybridized carbons (Fsp3) is 0.750. The fourth-order valence-electron chi connectivity index (χ4n) is 0.256. The molecule has 0 aliphatic heterocycles. The number of hydrogen-bond donors (Lipinski definition) is 2. The predicted octanol–water partition coefficient (Wildman–Crippen LogP) is 0.292. The average Bonchev–Trinajstić information content (AvgIpc) is 1.83. The van der Waals surface area contributed by atoms with Gasteiger partial charge in [-0.15, -0.1) is 0 Å². The van der Waals surface area contributed by atoms with Crippen LogP contribution in [0.3, 0.4) is 0 Å². The molecule has 1 atom stereocenters. The van der Waals surface area contributed by atoms with Gasteiger partial charge in [0.2, 0.25) is 0 Å². The molecular formula is C4H7N3O. The third-order valence-electron chi connectivity index (χ3n) is 0.720. The zero-order valence-corrected chi connectivity index (χ0v) is 4.33. The van der Waals surface area contributed by atoms with Crippen molar-refractivity contribution in [2.45, 2.75) is 12.5 Å². The van der Waals surface area contributed by atoms with Crippen LogP contribution in [0.1, 0.15) is 6.42 Å². The third-order valence-corrected chi connectivity index (χ3v) is 0.720. The first-order chi connectivity index (χ1) is 3.85. The van der Waals surface area contributed by atoms with Crippen molar-refractivity contribution < 1.29 is 5.11 Å². The minimum Gasteiger partial charge on any atom is -0.394 e. The van der Waals surface area contributed by atoms with Crippen molar-refractivity contribution >= 4 is 0 Å². The van der Waals surface area contributed by atoms with E-state index in [4.69, 9.17) is 15.9 Å². The number of aliphatic hydroxyl groups is 1. The Morgan fingerprint density at radius 1 is 1.88 bits per heavy atom. The maximum absolute atomic E-state index is 8.29. The Hall–Kier alpha value is -0.950. The van der Waals surface area contributed by atoms with Crippen LogP contribution >= 0.6 is 0 Å². The molecule has 0 saturated heterocycles. The first-order valence-corrected chi connectivity index (χ1v) is 2.19. The van der Waals surface area contributed by atoms with Gasteiger partial charge in [-0.2, -0.15) is 10.4 Å². The second-order valence-electron chi connectivity index (χ2n) is 1.33. The minimum atomic E-state index is -0.514. The van der Waals surface area contributed by atoms with Crippen LogP contribution in [0.4, 0.5) is 0 Å². The number of hydrogen-bond acceptors (Lipinski definition) is 4. The Bertz CT molecular complexity index is 106. The van der Waals surface area contributed by atoms with Crippen molar-refractivity contribution in [1.82, 2.24) is 0 Å². The van der Waals surface area contributed by atoms with Gasteiger partial charge in [-0.25, -0.2) is 5.53 Å². The van der Waals surface area contributed by atoms with Gasteiger partial charge < -0.3 is 5.11 Å². The molecule has 0 fully saturated rings. The van der Waals surface area contributed by atoms with E-state index >= 15 is 0 Å². The molecule has 1 unspecified atom stereocenters. The molecule has 0 bridgehead atoms. The highest BCUT2D eigenvalue weighted by Crippen LogP contribution is 1.92. The smallest absolute Gasteiger partial charge is 0.106 e. The summed E-state index contributed by atoms with van der Waals surface area (Å²) in [7, 11) is 0. The number of nitriles is 1. The van der Waals surface area contributed by atoms with E-state index in [1.165, 1.54) is 0 Å². The second kappa shape index (κ2) is 4.22. The van der Waals surface area contributed by atoms with E-state index in [1.807, 2.05) is 0 Å². The van der Waals surface area contributed by atoms with Crippen LogP contribution < -0.4 is 0 Å². The highest BCUT2D eigenvalue weighted by molar-refractivity contribution is 4.78. The quantitative estimate of drug-likeness (QED) is 0.516. The molecule has 0 heterocycles. The summed E-state index contributed by atoms with van der Waals surface area (Å²) in [6.07, 6.45) is 0.125. The molecule has 44 valence electrons. The van der Waals surface area contributed by atoms with Crippen LogP contribution in [0.15, 0.2) is 5.11 Å². The molecule has 0 amide bonds. The molecule has 0 aliphatic rings. The lowest BCUT2D eigenvalue weighted by Crippen LogP contribution is -2.06. The van der Waals surface area contributed by atoms with E-state index in [0.717, 1.165) is 0 Å². The summed E-state index contributed by atoms with van der Waals surface area (Å²) in [6.45, 7) is -0.211. The summed E-state index contributed by atoms with van der Waals surface area (Å²) >= 11 is 0. The zero-order valence-electron chi connectivity index (χ0n) is 4.33. The minimum absolute atomic E-state index is 0.125. The SMILES string of the molecule is N#CCC(CO)N=N. The summed E-state index contributed by atoms with van der Waals surface area (Å²) in [5.41, 5.74) is 6.38. The lowest BCUT2D eigenvalue weighted by molar-refractivity contribution is 0.263. The van der Waals surface area contributed by atoms with Crippen molar-refractivity contribution in [2.24, 2.45) is 5.11 Å². The Morgan fingerprint density at radius 2 is 2.50 bits per heavy atom. The summed E-state index contributed by atoms with van der Waals surface area (Å²) in [5.74, 6) is 0. The van der Waals surface area contributed by atoms with E-state index in [2.05, 4.69) is 5.11 Å². The van der Waals surface area contributed by atoms with Gasteiger partial charge in [0.05, 0.1) is 19.1 Å². The Morgan fingerprint density at radius 3 is 2.62 bits per heavy atom. The topological polar surface area (TPSA) is 80.2 Å². The summed E-state index contributed by atoms with van der Waals surface area (Å²) < 4.78 is 0. The van der Waals surface area contributed by atoms with Gasteiger partial charge in [-0.3, -0.25) is 0 Å². The Labute approximate surface area is 47.3 Å². The molecule has 0 aliphatic carbocycles. The molecule has 0 rings (SSSR count). The second-order valence-corrected chi connectivity index (χ2v) is 1.33. The summed E-state index contributed by atoms with van der Waals surface area (Å²) in [5, 5.41) is 19.3. The van der Waals surface area contributed by atoms with Crippen LogP contribution in [0.25, 0.3) is 0 Å². The molecule has 0 radical (unpaired) electrons. The van der Waals surface area contributed by atoms with Crippen molar-refractivity contribution in [2.75, 3.05) is 6.61 Å². The van der Waals surface area contributed by atoms with Crippen LogP contribution in [-0.4, -0.2) is 17.8 Å². The molecule has 8 heavy (non-hydrogen) atoms. The first-order valence-electron chi connectivity index (χ1n) is 2.19. The highest BCUT2D eigenvalue weighted by Gasteiger charge is 2.00. The number of nitrogens with zero attached hydrogens (tertiary/aromatic N) is 2. The van der Waals surface area contributed by atoms with Crippen molar-refractivity contribution in [3.8, 4) is 6.07 Å². The lowest BCUT2D eigenvalue weighted by Gasteiger charge is -1.96. The van der Waals surface area contributed by atoms with E-state index in [9.17, 15) is 0 Å². The summed E-state index contributed by atoms with van der Waals surface area (Å²) in [4.78, 5) is 0. The third kappa shape index (κ3) is 2.26. The molecule has 0 saturated carbocycles. The monoisotopic (exact) mass is 113 g/mol. The average molecular weight is 113 g/mol. The van der Waals surface area contributed by atoms with E-state index in [1.54, 1.807) is 6.07 Å². The molecule has 0 aromatic carbocycles. The molecule has 0 aromatic heterocycles. The standard InChI is InChI=1S/C4H7N3O/c5-2-1-4(3-8)7-6/h4,6,8H,1,3H2. The molecule has 4 nitrogen and oxygen atoms in total. The van der Waals surface area contributed by atoms with Crippen LogP contribution in [0.5, 0.6) is 0 Å². The van der Waals surface area contributed by atoms with E-state index in [-0.39, 0.29) is 13.0 Å². The maximum Gasteiger partial charge on any atom is 0.106 e. The lowest BCUT2D eigenvalue weighted by atomic mass is 10.2. The fourth-order valence-corrected chi connectivity index (χ4v) is 0.256. The normalized spacial score (nSPS) is 12.0. The molecule has 2 N–H and O–H groups in total. The van der Waals surface area contributed by atoms with Crippen molar-refractivity contribution in [1.29, 1.82) is 10.8 Å². The van der Waals surface area contributed by atoms with Gasteiger partial charge in [0.15, 0.2) is 0 Å². The first kappa shape index (κ1) is 7.05. The predicted molar refractivity (Wildman–Crippen MR) is 26.3 cm³/mol. The number of nitrogens with one attached hydrogen (secondary N) is 1. The van der Waals surface area contributed by atoms with E-state index < -0.39 is 6.04 Å². The number of aliphatic hydroxyl groups excluding tert-OH is 1. The highest BCUT2D eigenvalue weighted by atomic mass is 16.3. The van der Waals surface area contributed by atoms with Gasteiger partial charge in [0.1, 0.15) is 6.04 Å². The van der Waals surface area contributed by atoms with Crippen LogP contribution in [0.2, 0.25) is 0 Å². The molecular weight excluding hydrogens is 106 g/mol. The van der Waals surface area contributed by atoms with Crippen molar-refractivity contribution in [3.63, 3.8) is 0 Å². The van der Waals surface area contributed by atoms with Gasteiger partial charge in [-0.05, 0) is 0 Å². The molecule has 0 aromatic rings. The van der Waals surface area contributed by atoms with Crippen LogP contribution in [0, 0.1) is 16.9 Å². The number of rotatable bonds is 3. The van der Waals surface area contributed by atoms with Gasteiger partial charge in [-0.1, -0.05) is 0 Å². The maximum atomic E-state index is 8.29. The Kier molecular flexibility index (Phi) is 3.71. The van der Waals surface area contributed by atoms with E-state index in [0.29, 0.717) is 0 Å². The van der Waals surface area contributed by atoms with Gasteiger partial charge >= 0.3 is 0 Å². The van der Waals surface area contributed by atoms with Gasteiger partial charge in [0, 0.05) is 0 Å². The largest absolute Gasteiger partial charge is 0.394 e. The molecule has 0 spiro atoms. The summed E-state index contributed by atoms with van der Waals surface area (Å²) in [6, 6.07) is 1.28. The Balaban J connectivity index is 3.40. The van der Waals surface area contributed by atoms with Crippen molar-refractivity contribution in [3.05, 3.63) is 0 Å². The van der Waals surface area contributed by atoms with Gasteiger partial charge in [0.25, 0.3) is 0 Å². The zero-order chi connectivity index (χ0) is 6.41. The van der Waals surface area contributed by atoms with Crippen LogP contribution in [-0.2, 0) is 0 Å².